The molecule has 1 unspecified atom stereocenters. The van der Waals surface area contributed by atoms with Crippen LogP contribution in [-0.2, 0) is 0 Å². The van der Waals surface area contributed by atoms with Gasteiger partial charge in [-0.3, -0.25) is 0 Å². The minimum atomic E-state index is -5.13. The van der Waals surface area contributed by atoms with Gasteiger partial charge in [0.25, 0.3) is 0 Å². The molecular weight excluding hydrogens is 226 g/mol. The van der Waals surface area contributed by atoms with E-state index < -0.39 is 35.3 Å². The Hall–Kier alpha value is -1.24. The van der Waals surface area contributed by atoms with E-state index in [0.29, 0.717) is 0 Å². The lowest BCUT2D eigenvalue weighted by Crippen LogP contribution is -2.21. The lowest BCUT2D eigenvalue weighted by Gasteiger charge is -2.15. The first-order valence-electron chi connectivity index (χ1n) is 3.62. The normalized spacial score (nSPS) is 14.1. The van der Waals surface area contributed by atoms with Crippen LogP contribution in [0.25, 0.3) is 0 Å². The van der Waals surface area contributed by atoms with E-state index in [2.05, 4.69) is 0 Å². The van der Waals surface area contributed by atoms with Crippen molar-refractivity contribution in [2.75, 3.05) is 0 Å². The fraction of sp³-hybridized carbons (Fsp3) is 0.250. The summed E-state index contributed by atoms with van der Waals surface area (Å²) in [6.45, 7) is 0. The zero-order valence-corrected chi connectivity index (χ0v) is 6.95. The molecule has 0 aliphatic rings. The van der Waals surface area contributed by atoms with Crippen LogP contribution in [0.3, 0.4) is 0 Å². The highest BCUT2D eigenvalue weighted by atomic mass is 19.4. The first-order valence-corrected chi connectivity index (χ1v) is 3.62. The molecule has 1 rings (SSSR count). The molecule has 0 saturated heterocycles. The minimum Gasteiger partial charge on any atom is -0.379 e. The van der Waals surface area contributed by atoms with Crippen LogP contribution < -0.4 is 0 Å². The van der Waals surface area contributed by atoms with Crippen LogP contribution in [0.4, 0.5) is 26.3 Å². The van der Waals surface area contributed by atoms with E-state index in [-0.39, 0.29) is 12.1 Å². The smallest absolute Gasteiger partial charge is 0.379 e. The van der Waals surface area contributed by atoms with Gasteiger partial charge in [0.05, 0.1) is 0 Å². The largest absolute Gasteiger partial charge is 0.418 e. The van der Waals surface area contributed by atoms with Crippen LogP contribution in [0.15, 0.2) is 12.1 Å². The van der Waals surface area contributed by atoms with Crippen LogP contribution in [0.2, 0.25) is 0 Å². The molecule has 0 aliphatic carbocycles. The molecule has 7 heteroatoms. The van der Waals surface area contributed by atoms with E-state index in [9.17, 15) is 26.3 Å². The van der Waals surface area contributed by atoms with Gasteiger partial charge in [0, 0.05) is 11.6 Å². The highest BCUT2D eigenvalue weighted by Gasteiger charge is 2.41. The highest BCUT2D eigenvalue weighted by Crippen LogP contribution is 2.34. The standard InChI is InChI=1S/C8H4F6O/c9-4-2-6(11)5(10)1-3(4)7(15)8(12,13)14/h1-2,7,15H. The van der Waals surface area contributed by atoms with Gasteiger partial charge >= 0.3 is 6.18 Å². The molecule has 1 aromatic rings. The number of hydrogen-bond donors (Lipinski definition) is 1. The molecule has 0 amide bonds. The van der Waals surface area contributed by atoms with Crippen LogP contribution in [0.1, 0.15) is 11.7 Å². The zero-order valence-electron chi connectivity index (χ0n) is 6.95. The molecule has 0 aliphatic heterocycles. The number of alkyl halides is 3. The lowest BCUT2D eigenvalue weighted by molar-refractivity contribution is -0.207. The molecule has 1 aromatic carbocycles. The first kappa shape index (κ1) is 11.8. The molecule has 0 aromatic heterocycles. The highest BCUT2D eigenvalue weighted by molar-refractivity contribution is 5.23. The molecule has 0 bridgehead atoms. The zero-order chi connectivity index (χ0) is 11.8. The maximum absolute atomic E-state index is 12.7. The van der Waals surface area contributed by atoms with E-state index in [1.54, 1.807) is 0 Å². The van der Waals surface area contributed by atoms with Crippen molar-refractivity contribution in [3.8, 4) is 0 Å². The summed E-state index contributed by atoms with van der Waals surface area (Å²) >= 11 is 0. The minimum absolute atomic E-state index is 0.0250. The maximum atomic E-state index is 12.7. The second-order valence-electron chi connectivity index (χ2n) is 2.73. The van der Waals surface area contributed by atoms with Crippen LogP contribution in [-0.4, -0.2) is 11.3 Å². The average Bonchev–Trinajstić information content (AvgIpc) is 2.08. The SMILES string of the molecule is OC(c1cc(F)c(F)cc1F)C(F)(F)F. The quantitative estimate of drug-likeness (QED) is 0.580. The molecule has 0 fully saturated rings. The Morgan fingerprint density at radius 3 is 1.87 bits per heavy atom. The molecule has 1 N–H and O–H groups in total. The van der Waals surface area contributed by atoms with Crippen molar-refractivity contribution in [2.24, 2.45) is 0 Å². The third kappa shape index (κ3) is 2.41. The Bertz CT molecular complexity index is 372. The number of benzene rings is 1. The number of aliphatic hydroxyl groups excluding tert-OH is 1. The van der Waals surface area contributed by atoms with Gasteiger partial charge in [-0.2, -0.15) is 13.2 Å². The van der Waals surface area contributed by atoms with Gasteiger partial charge in [-0.25, -0.2) is 13.2 Å². The fourth-order valence-corrected chi connectivity index (χ4v) is 0.924. The summed E-state index contributed by atoms with van der Waals surface area (Å²) in [4.78, 5) is 0. The second kappa shape index (κ2) is 3.73. The number of rotatable bonds is 1. The summed E-state index contributed by atoms with van der Waals surface area (Å²) in [6, 6.07) is -0.0809. The molecule has 0 heterocycles. The van der Waals surface area contributed by atoms with Crippen molar-refractivity contribution in [3.63, 3.8) is 0 Å². The van der Waals surface area contributed by atoms with E-state index in [1.807, 2.05) is 0 Å². The van der Waals surface area contributed by atoms with Gasteiger partial charge < -0.3 is 5.11 Å². The Morgan fingerprint density at radius 2 is 1.40 bits per heavy atom. The molecule has 15 heavy (non-hydrogen) atoms. The third-order valence-corrected chi connectivity index (χ3v) is 1.64. The van der Waals surface area contributed by atoms with Crippen LogP contribution in [0, 0.1) is 17.5 Å². The maximum Gasteiger partial charge on any atom is 0.418 e. The van der Waals surface area contributed by atoms with Gasteiger partial charge in [-0.15, -0.1) is 0 Å². The Morgan fingerprint density at radius 1 is 0.933 bits per heavy atom. The predicted molar refractivity (Wildman–Crippen MR) is 37.3 cm³/mol. The van der Waals surface area contributed by atoms with Crippen molar-refractivity contribution < 1.29 is 31.4 Å². The summed E-state index contributed by atoms with van der Waals surface area (Å²) in [7, 11) is 0. The monoisotopic (exact) mass is 230 g/mol. The van der Waals surface area contributed by atoms with Gasteiger partial charge in [0.1, 0.15) is 5.82 Å². The molecular formula is C8H4F6O. The number of halogens is 6. The number of hydrogen-bond acceptors (Lipinski definition) is 1. The van der Waals surface area contributed by atoms with Crippen molar-refractivity contribution in [1.29, 1.82) is 0 Å². The van der Waals surface area contributed by atoms with Gasteiger partial charge in [-0.1, -0.05) is 0 Å². The molecule has 0 saturated carbocycles. The van der Waals surface area contributed by atoms with Gasteiger partial charge in [0.15, 0.2) is 17.7 Å². The van der Waals surface area contributed by atoms with E-state index >= 15 is 0 Å². The fourth-order valence-electron chi connectivity index (χ4n) is 0.924. The molecule has 1 atom stereocenters. The summed E-state index contributed by atoms with van der Waals surface area (Å²) in [5.41, 5.74) is -1.35. The van der Waals surface area contributed by atoms with E-state index in [4.69, 9.17) is 5.11 Å². The summed E-state index contributed by atoms with van der Waals surface area (Å²) in [5.74, 6) is -4.93. The third-order valence-electron chi connectivity index (χ3n) is 1.64. The lowest BCUT2D eigenvalue weighted by atomic mass is 10.1. The van der Waals surface area contributed by atoms with Crippen LogP contribution in [0.5, 0.6) is 0 Å². The molecule has 0 spiro atoms. The van der Waals surface area contributed by atoms with Crippen molar-refractivity contribution >= 4 is 0 Å². The van der Waals surface area contributed by atoms with Crippen molar-refractivity contribution in [2.45, 2.75) is 12.3 Å². The summed E-state index contributed by atoms with van der Waals surface area (Å²) < 4.78 is 73.3. The summed E-state index contributed by atoms with van der Waals surface area (Å²) in [5, 5.41) is 8.60. The molecule has 84 valence electrons. The van der Waals surface area contributed by atoms with Crippen molar-refractivity contribution in [1.82, 2.24) is 0 Å². The summed E-state index contributed by atoms with van der Waals surface area (Å²) in [6.07, 6.45) is -8.31. The van der Waals surface area contributed by atoms with Gasteiger partial charge in [0.2, 0.25) is 0 Å². The molecule has 1 nitrogen and oxygen atoms in total. The topological polar surface area (TPSA) is 20.2 Å². The predicted octanol–water partition coefficient (Wildman–Crippen LogP) is 2.70. The van der Waals surface area contributed by atoms with E-state index in [1.165, 1.54) is 0 Å². The Labute approximate surface area is 79.9 Å². The van der Waals surface area contributed by atoms with Gasteiger partial charge in [-0.05, 0) is 6.07 Å². The first-order chi connectivity index (χ1) is 6.73. The average molecular weight is 230 g/mol. The van der Waals surface area contributed by atoms with Crippen molar-refractivity contribution in [3.05, 3.63) is 35.1 Å². The second-order valence-corrected chi connectivity index (χ2v) is 2.73. The Kier molecular flexibility index (Phi) is 2.94. The number of aliphatic hydroxyl groups is 1. The van der Waals surface area contributed by atoms with Crippen LogP contribution >= 0.6 is 0 Å². The Balaban J connectivity index is 3.21. The van der Waals surface area contributed by atoms with E-state index in [0.717, 1.165) is 0 Å². The molecule has 0 radical (unpaired) electrons.